The Labute approximate surface area is 172 Å². The lowest BCUT2D eigenvalue weighted by molar-refractivity contribution is -0.110. The van der Waals surface area contributed by atoms with E-state index < -0.39 is 5.97 Å². The number of para-hydroxylation sites is 2. The van der Waals surface area contributed by atoms with Crippen LogP contribution in [0.3, 0.4) is 0 Å². The number of carbonyl (C=O) groups is 1. The minimum Gasteiger partial charge on any atom is -0.461 e. The molecule has 0 fully saturated rings. The van der Waals surface area contributed by atoms with Crippen LogP contribution in [0.5, 0.6) is 0 Å². The number of amidine groups is 1. The Balaban J connectivity index is 1.95. The number of ether oxygens (including phenoxy) is 1. The highest BCUT2D eigenvalue weighted by molar-refractivity contribution is 8.12. The number of aromatic nitrogens is 3. The van der Waals surface area contributed by atoms with E-state index in [1.165, 1.54) is 11.8 Å². The van der Waals surface area contributed by atoms with E-state index in [0.29, 0.717) is 29.5 Å². The molecule has 0 aliphatic heterocycles. The van der Waals surface area contributed by atoms with Crippen molar-refractivity contribution in [1.82, 2.24) is 14.0 Å². The normalized spacial score (nSPS) is 11.2. The number of hydrogen-bond donors (Lipinski definition) is 2. The lowest BCUT2D eigenvalue weighted by Gasteiger charge is -2.05. The number of hydrogen-bond acceptors (Lipinski definition) is 4. The van der Waals surface area contributed by atoms with Crippen molar-refractivity contribution in [2.75, 3.05) is 6.61 Å². The molecule has 148 valence electrons. The second-order valence-corrected chi connectivity index (χ2v) is 7.56. The van der Waals surface area contributed by atoms with Crippen LogP contribution in [-0.4, -0.2) is 31.7 Å². The minimum atomic E-state index is -0.409. The summed E-state index contributed by atoms with van der Waals surface area (Å²) in [7, 11) is 0. The Kier molecular flexibility index (Phi) is 5.26. The molecular weight excluding hydrogens is 386 g/mol. The maximum absolute atomic E-state index is 12.8. The van der Waals surface area contributed by atoms with Gasteiger partial charge >= 0.3 is 5.97 Å². The number of nitrogens with zero attached hydrogens (tertiary/aromatic N) is 3. The highest BCUT2D eigenvalue weighted by Crippen LogP contribution is 2.27. The number of nitrogens with two attached hydrogens (primary N) is 2. The van der Waals surface area contributed by atoms with Crippen LogP contribution >= 0.6 is 11.8 Å². The Hall–Kier alpha value is -3.26. The van der Waals surface area contributed by atoms with Gasteiger partial charge in [-0.05, 0) is 36.4 Å². The Morgan fingerprint density at radius 3 is 2.52 bits per heavy atom. The highest BCUT2D eigenvalue weighted by atomic mass is 32.2. The van der Waals surface area contributed by atoms with Gasteiger partial charge in [-0.15, -0.1) is 0 Å². The zero-order chi connectivity index (χ0) is 20.4. The largest absolute Gasteiger partial charge is 0.461 e. The summed E-state index contributed by atoms with van der Waals surface area (Å²) in [6.07, 6.45) is 0. The fraction of sp³-hybridized carbons (Fsp3) is 0.190. The van der Waals surface area contributed by atoms with E-state index in [4.69, 9.17) is 20.9 Å². The summed E-state index contributed by atoms with van der Waals surface area (Å²) in [5, 5.41) is 5.85. The summed E-state index contributed by atoms with van der Waals surface area (Å²) in [6, 6.07) is 18.1. The topological polar surface area (TPSA) is 100 Å². The number of fused-ring (bicyclic) bond motifs is 3. The number of imidazole rings is 2. The average molecular weight is 409 g/mol. The first kappa shape index (κ1) is 19.1. The van der Waals surface area contributed by atoms with Gasteiger partial charge in [0.05, 0.1) is 35.6 Å². The molecule has 29 heavy (non-hydrogen) atoms. The molecular formula is C21H22N5O2S+. The first-order chi connectivity index (χ1) is 14.1. The molecule has 0 unspecified atom stereocenters. The fourth-order valence-electron chi connectivity index (χ4n) is 3.43. The van der Waals surface area contributed by atoms with Gasteiger partial charge in [-0.2, -0.15) is 0 Å². The molecule has 0 aliphatic carbocycles. The van der Waals surface area contributed by atoms with Crippen LogP contribution in [-0.2, 0) is 17.0 Å². The third-order valence-electron chi connectivity index (χ3n) is 4.61. The fourth-order valence-corrected chi connectivity index (χ4v) is 3.94. The third kappa shape index (κ3) is 3.58. The average Bonchev–Trinajstić information content (AvgIpc) is 3.23. The van der Waals surface area contributed by atoms with Crippen LogP contribution in [0.2, 0.25) is 0 Å². The SMILES string of the molecule is CCOC(=O)c1c(CSC(N)=[NH2+])nc2n(Cc3ccccc3)c3ccccc3n12. The molecule has 4 rings (SSSR count). The molecule has 8 heteroatoms. The van der Waals surface area contributed by atoms with E-state index in [2.05, 4.69) is 16.7 Å². The first-order valence-electron chi connectivity index (χ1n) is 9.30. The van der Waals surface area contributed by atoms with Gasteiger partial charge in [-0.3, -0.25) is 15.5 Å². The maximum atomic E-state index is 12.8. The minimum absolute atomic E-state index is 0.231. The lowest BCUT2D eigenvalue weighted by Crippen LogP contribution is -2.43. The van der Waals surface area contributed by atoms with E-state index in [1.54, 1.807) is 6.92 Å². The van der Waals surface area contributed by atoms with Crippen LogP contribution in [0.1, 0.15) is 28.7 Å². The van der Waals surface area contributed by atoms with Gasteiger partial charge in [0, 0.05) is 0 Å². The van der Waals surface area contributed by atoms with Crippen molar-refractivity contribution in [2.45, 2.75) is 19.2 Å². The Morgan fingerprint density at radius 2 is 1.83 bits per heavy atom. The molecule has 0 atom stereocenters. The molecule has 7 nitrogen and oxygen atoms in total. The molecule has 0 radical (unpaired) electrons. The van der Waals surface area contributed by atoms with Gasteiger partial charge < -0.3 is 9.30 Å². The van der Waals surface area contributed by atoms with Crippen LogP contribution in [0.25, 0.3) is 16.8 Å². The summed E-state index contributed by atoms with van der Waals surface area (Å²) < 4.78 is 9.31. The summed E-state index contributed by atoms with van der Waals surface area (Å²) in [5.74, 6) is 0.663. The molecule has 2 aromatic heterocycles. The lowest BCUT2D eigenvalue weighted by atomic mass is 10.2. The molecule has 0 saturated heterocycles. The van der Waals surface area contributed by atoms with Crippen LogP contribution in [0.15, 0.2) is 54.6 Å². The maximum Gasteiger partial charge on any atom is 0.357 e. The molecule has 0 spiro atoms. The molecule has 0 aliphatic rings. The van der Waals surface area contributed by atoms with Crippen LogP contribution in [0.4, 0.5) is 0 Å². The van der Waals surface area contributed by atoms with Crippen molar-refractivity contribution < 1.29 is 14.9 Å². The van der Waals surface area contributed by atoms with E-state index in [1.807, 2.05) is 46.9 Å². The molecule has 2 aromatic carbocycles. The van der Waals surface area contributed by atoms with Crippen LogP contribution < -0.4 is 11.1 Å². The number of carbonyl (C=O) groups excluding carboxylic acids is 1. The second-order valence-electron chi connectivity index (χ2n) is 6.51. The van der Waals surface area contributed by atoms with Crippen molar-refractivity contribution >= 4 is 39.7 Å². The number of esters is 1. The van der Waals surface area contributed by atoms with Gasteiger partial charge in [-0.25, -0.2) is 9.78 Å². The zero-order valence-corrected chi connectivity index (χ0v) is 16.9. The van der Waals surface area contributed by atoms with E-state index in [0.717, 1.165) is 16.6 Å². The van der Waals surface area contributed by atoms with E-state index >= 15 is 0 Å². The second kappa shape index (κ2) is 8.00. The monoisotopic (exact) mass is 408 g/mol. The molecule has 2 heterocycles. The predicted octanol–water partition coefficient (Wildman–Crippen LogP) is 1.82. The highest BCUT2D eigenvalue weighted by Gasteiger charge is 2.26. The standard InChI is InChI=1S/C21H21N5O2S/c1-2-28-19(27)18-15(13-29-20(22)23)24-21-25(12-14-8-4-3-5-9-14)16-10-6-7-11-17(16)26(18)21/h3-11H,2,12-13H2,1H3,(H3,22,23)/p+1. The summed E-state index contributed by atoms with van der Waals surface area (Å²) in [4.78, 5) is 17.6. The van der Waals surface area contributed by atoms with Gasteiger partial charge in [0.2, 0.25) is 5.78 Å². The predicted molar refractivity (Wildman–Crippen MR) is 115 cm³/mol. The van der Waals surface area contributed by atoms with Crippen molar-refractivity contribution in [2.24, 2.45) is 5.73 Å². The third-order valence-corrected chi connectivity index (χ3v) is 5.37. The summed E-state index contributed by atoms with van der Waals surface area (Å²) in [5.41, 5.74) is 9.67. The Bertz CT molecular complexity index is 1200. The first-order valence-corrected chi connectivity index (χ1v) is 10.3. The van der Waals surface area contributed by atoms with Gasteiger partial charge in [0.15, 0.2) is 5.69 Å². The molecule has 4 N–H and O–H groups in total. The molecule has 0 bridgehead atoms. The summed E-state index contributed by atoms with van der Waals surface area (Å²) >= 11 is 1.25. The van der Waals surface area contributed by atoms with Gasteiger partial charge in [0.1, 0.15) is 0 Å². The number of benzene rings is 2. The van der Waals surface area contributed by atoms with Crippen molar-refractivity contribution in [3.63, 3.8) is 0 Å². The zero-order valence-electron chi connectivity index (χ0n) is 16.0. The van der Waals surface area contributed by atoms with E-state index in [-0.39, 0.29) is 11.8 Å². The smallest absolute Gasteiger partial charge is 0.357 e. The quantitative estimate of drug-likeness (QED) is 0.288. The number of rotatable bonds is 6. The molecule has 0 saturated carbocycles. The van der Waals surface area contributed by atoms with Crippen molar-refractivity contribution in [1.29, 1.82) is 0 Å². The van der Waals surface area contributed by atoms with Crippen LogP contribution in [0, 0.1) is 0 Å². The summed E-state index contributed by atoms with van der Waals surface area (Å²) in [6.45, 7) is 2.70. The van der Waals surface area contributed by atoms with E-state index in [9.17, 15) is 4.79 Å². The van der Waals surface area contributed by atoms with Crippen molar-refractivity contribution in [3.8, 4) is 0 Å². The van der Waals surface area contributed by atoms with Gasteiger partial charge in [-0.1, -0.05) is 42.5 Å². The molecule has 0 amide bonds. The van der Waals surface area contributed by atoms with Gasteiger partial charge in [0.25, 0.3) is 5.17 Å². The van der Waals surface area contributed by atoms with Crippen molar-refractivity contribution in [3.05, 3.63) is 71.5 Å². The molecule has 4 aromatic rings. The number of thioether (sulfide) groups is 1. The Morgan fingerprint density at radius 1 is 1.14 bits per heavy atom.